The summed E-state index contributed by atoms with van der Waals surface area (Å²) in [6, 6.07) is 14.1. The highest BCUT2D eigenvalue weighted by Gasteiger charge is 2.24. The number of hydrogen-bond acceptors (Lipinski definition) is 3. The predicted molar refractivity (Wildman–Crippen MR) is 111 cm³/mol. The molecule has 3 heteroatoms. The molecule has 0 spiro atoms. The summed E-state index contributed by atoms with van der Waals surface area (Å²) < 4.78 is 5.58. The second-order valence-electron chi connectivity index (χ2n) is 7.48. The number of hydrogen-bond donors (Lipinski definition) is 0. The average Bonchev–Trinajstić information content (AvgIpc) is 2.74. The summed E-state index contributed by atoms with van der Waals surface area (Å²) in [4.78, 5) is 11.3. The fourth-order valence-electron chi connectivity index (χ4n) is 4.27. The summed E-state index contributed by atoms with van der Waals surface area (Å²) in [5, 5.41) is 8.95. The number of carbonyl (C=O) groups is 1. The molecule has 0 bridgehead atoms. The Hall–Kier alpha value is -2.86. The molecule has 28 heavy (non-hydrogen) atoms. The van der Waals surface area contributed by atoms with Crippen LogP contribution in [0.4, 0.5) is 0 Å². The minimum Gasteiger partial charge on any atom is -0.428 e. The van der Waals surface area contributed by atoms with E-state index in [0.29, 0.717) is 18.0 Å². The van der Waals surface area contributed by atoms with E-state index in [2.05, 4.69) is 24.8 Å². The van der Waals surface area contributed by atoms with E-state index >= 15 is 0 Å². The molecule has 1 aliphatic carbocycles. The first kappa shape index (κ1) is 19.9. The molecule has 3 nitrogen and oxygen atoms in total. The largest absolute Gasteiger partial charge is 0.428 e. The second kappa shape index (κ2) is 9.90. The normalized spacial score (nSPS) is 14.2. The zero-order chi connectivity index (χ0) is 19.8. The Morgan fingerprint density at radius 1 is 1.04 bits per heavy atom. The van der Waals surface area contributed by atoms with Crippen molar-refractivity contribution >= 4 is 6.47 Å². The molecule has 0 aliphatic heterocycles. The van der Waals surface area contributed by atoms with Crippen molar-refractivity contribution in [3.8, 4) is 11.8 Å². The van der Waals surface area contributed by atoms with Crippen molar-refractivity contribution in [1.29, 1.82) is 5.26 Å². The van der Waals surface area contributed by atoms with E-state index in [0.717, 1.165) is 43.4 Å². The van der Waals surface area contributed by atoms with Crippen molar-refractivity contribution in [1.82, 2.24) is 0 Å². The maximum absolute atomic E-state index is 11.3. The van der Waals surface area contributed by atoms with Crippen LogP contribution in [0.3, 0.4) is 0 Å². The SMILES string of the molecule is C=CCc1ccc(CCc2ccc(C#N)cc2)c(OC=O)c1C1CCCCC1. The summed E-state index contributed by atoms with van der Waals surface area (Å²) in [5.74, 6) is 1.21. The van der Waals surface area contributed by atoms with Crippen LogP contribution in [0.25, 0.3) is 0 Å². The third kappa shape index (κ3) is 4.70. The zero-order valence-electron chi connectivity index (χ0n) is 16.3. The second-order valence-corrected chi connectivity index (χ2v) is 7.48. The number of ether oxygens (including phenoxy) is 1. The third-order valence-corrected chi connectivity index (χ3v) is 5.68. The number of allylic oxidation sites excluding steroid dienone is 1. The van der Waals surface area contributed by atoms with Crippen molar-refractivity contribution in [3.05, 3.63) is 76.9 Å². The predicted octanol–water partition coefficient (Wildman–Crippen LogP) is 5.65. The zero-order valence-corrected chi connectivity index (χ0v) is 16.3. The van der Waals surface area contributed by atoms with Gasteiger partial charge in [-0.2, -0.15) is 5.26 Å². The van der Waals surface area contributed by atoms with Gasteiger partial charge in [0, 0.05) is 5.56 Å². The molecule has 144 valence electrons. The van der Waals surface area contributed by atoms with Gasteiger partial charge in [0.1, 0.15) is 5.75 Å². The lowest BCUT2D eigenvalue weighted by Gasteiger charge is -2.27. The molecule has 0 unspecified atom stereocenters. The van der Waals surface area contributed by atoms with Gasteiger partial charge >= 0.3 is 0 Å². The molecule has 1 fully saturated rings. The molecule has 0 saturated heterocycles. The summed E-state index contributed by atoms with van der Waals surface area (Å²) in [6.45, 7) is 4.46. The molecule has 3 rings (SSSR count). The van der Waals surface area contributed by atoms with E-state index in [9.17, 15) is 4.79 Å². The molecule has 0 heterocycles. The van der Waals surface area contributed by atoms with Crippen LogP contribution in [0.5, 0.6) is 5.75 Å². The Balaban J connectivity index is 1.91. The van der Waals surface area contributed by atoms with E-state index < -0.39 is 0 Å². The van der Waals surface area contributed by atoms with Gasteiger partial charge in [-0.25, -0.2) is 0 Å². The molecular formula is C25H27NO2. The Kier molecular flexibility index (Phi) is 7.03. The van der Waals surface area contributed by atoms with Gasteiger partial charge < -0.3 is 4.74 Å². The molecule has 2 aromatic carbocycles. The van der Waals surface area contributed by atoms with E-state index in [-0.39, 0.29) is 0 Å². The van der Waals surface area contributed by atoms with Gasteiger partial charge in [-0.05, 0) is 66.8 Å². The Labute approximate surface area is 167 Å². The summed E-state index contributed by atoms with van der Waals surface area (Å²) in [5.41, 5.74) is 5.35. The maximum Gasteiger partial charge on any atom is 0.298 e. The van der Waals surface area contributed by atoms with E-state index in [1.54, 1.807) is 0 Å². The number of rotatable bonds is 8. The summed E-state index contributed by atoms with van der Waals surface area (Å²) in [7, 11) is 0. The van der Waals surface area contributed by atoms with E-state index in [1.807, 2.05) is 30.3 Å². The maximum atomic E-state index is 11.3. The Morgan fingerprint density at radius 3 is 2.39 bits per heavy atom. The molecule has 0 radical (unpaired) electrons. The molecule has 2 aromatic rings. The van der Waals surface area contributed by atoms with Gasteiger partial charge in [0.2, 0.25) is 0 Å². The lowest BCUT2D eigenvalue weighted by Crippen LogP contribution is -2.12. The fourth-order valence-corrected chi connectivity index (χ4v) is 4.27. The molecule has 1 saturated carbocycles. The molecule has 1 aliphatic rings. The van der Waals surface area contributed by atoms with Gasteiger partial charge in [-0.15, -0.1) is 6.58 Å². The van der Waals surface area contributed by atoms with Gasteiger partial charge in [0.05, 0.1) is 11.6 Å². The third-order valence-electron chi connectivity index (χ3n) is 5.68. The van der Waals surface area contributed by atoms with E-state index in [4.69, 9.17) is 10.00 Å². The minimum absolute atomic E-state index is 0.452. The van der Waals surface area contributed by atoms with Crippen LogP contribution in [0, 0.1) is 11.3 Å². The van der Waals surface area contributed by atoms with Crippen LogP contribution in [-0.2, 0) is 24.1 Å². The van der Waals surface area contributed by atoms with Crippen molar-refractivity contribution in [2.45, 2.75) is 57.3 Å². The monoisotopic (exact) mass is 373 g/mol. The van der Waals surface area contributed by atoms with Crippen LogP contribution in [0.2, 0.25) is 0 Å². The molecule has 0 amide bonds. The standard InChI is InChI=1S/C25H27NO2/c1-2-6-21-15-16-23(14-13-19-9-11-20(17-26)12-10-19)25(28-18-27)24(21)22-7-4-3-5-8-22/h2,9-12,15-16,18,22H,1,3-8,13-14H2. The van der Waals surface area contributed by atoms with Crippen molar-refractivity contribution in [2.24, 2.45) is 0 Å². The quantitative estimate of drug-likeness (QED) is 0.443. The number of nitrogens with zero attached hydrogens (tertiary/aromatic N) is 1. The summed E-state index contributed by atoms with van der Waals surface area (Å²) in [6.07, 6.45) is 10.4. The molecule has 0 N–H and O–H groups in total. The van der Waals surface area contributed by atoms with Crippen LogP contribution in [0.15, 0.2) is 49.1 Å². The van der Waals surface area contributed by atoms with Crippen LogP contribution in [0.1, 0.15) is 65.8 Å². The van der Waals surface area contributed by atoms with Crippen molar-refractivity contribution < 1.29 is 9.53 Å². The highest BCUT2D eigenvalue weighted by molar-refractivity contribution is 5.56. The highest BCUT2D eigenvalue weighted by atomic mass is 16.5. The van der Waals surface area contributed by atoms with Crippen molar-refractivity contribution in [3.63, 3.8) is 0 Å². The minimum atomic E-state index is 0.452. The lowest BCUT2D eigenvalue weighted by atomic mass is 9.80. The molecule has 0 aromatic heterocycles. The Bertz CT molecular complexity index is 855. The van der Waals surface area contributed by atoms with Crippen LogP contribution >= 0.6 is 0 Å². The average molecular weight is 373 g/mol. The van der Waals surface area contributed by atoms with Gasteiger partial charge in [-0.3, -0.25) is 4.79 Å². The molecular weight excluding hydrogens is 346 g/mol. The first-order valence-electron chi connectivity index (χ1n) is 10.1. The lowest BCUT2D eigenvalue weighted by molar-refractivity contribution is -0.120. The highest BCUT2D eigenvalue weighted by Crippen LogP contribution is 2.41. The molecule has 0 atom stereocenters. The summed E-state index contributed by atoms with van der Waals surface area (Å²) >= 11 is 0. The number of aryl methyl sites for hydroxylation is 2. The Morgan fingerprint density at radius 2 is 1.75 bits per heavy atom. The number of nitriles is 1. The van der Waals surface area contributed by atoms with Crippen LogP contribution in [-0.4, -0.2) is 6.47 Å². The number of carbonyl (C=O) groups excluding carboxylic acids is 1. The topological polar surface area (TPSA) is 50.1 Å². The number of benzene rings is 2. The van der Waals surface area contributed by atoms with Crippen LogP contribution < -0.4 is 4.74 Å². The van der Waals surface area contributed by atoms with Gasteiger partial charge in [0.25, 0.3) is 6.47 Å². The van der Waals surface area contributed by atoms with Gasteiger partial charge in [0.15, 0.2) is 0 Å². The fraction of sp³-hybridized carbons (Fsp3) is 0.360. The van der Waals surface area contributed by atoms with Crippen molar-refractivity contribution in [2.75, 3.05) is 0 Å². The first-order chi connectivity index (χ1) is 13.8. The van der Waals surface area contributed by atoms with Gasteiger partial charge in [-0.1, -0.05) is 49.6 Å². The first-order valence-corrected chi connectivity index (χ1v) is 10.1. The van der Waals surface area contributed by atoms with E-state index in [1.165, 1.54) is 36.0 Å². The smallest absolute Gasteiger partial charge is 0.298 e.